The number of hydrogen-bond donors (Lipinski definition) is 1. The van der Waals surface area contributed by atoms with Gasteiger partial charge in [0.05, 0.1) is 5.56 Å². The number of benzene rings is 2. The van der Waals surface area contributed by atoms with Crippen molar-refractivity contribution in [2.45, 2.75) is 25.4 Å². The molecule has 0 saturated heterocycles. The highest BCUT2D eigenvalue weighted by Crippen LogP contribution is 2.29. The van der Waals surface area contributed by atoms with Crippen LogP contribution in [0.25, 0.3) is 11.1 Å². The van der Waals surface area contributed by atoms with Gasteiger partial charge in [-0.15, -0.1) is 0 Å². The molecule has 1 aliphatic carbocycles. The molecule has 0 radical (unpaired) electrons. The summed E-state index contributed by atoms with van der Waals surface area (Å²) in [5.41, 5.74) is 0.186. The summed E-state index contributed by atoms with van der Waals surface area (Å²) in [7, 11) is 0. The van der Waals surface area contributed by atoms with E-state index in [0.717, 1.165) is 12.8 Å². The van der Waals surface area contributed by atoms with Gasteiger partial charge in [-0.3, -0.25) is 0 Å². The third-order valence-corrected chi connectivity index (χ3v) is 3.50. The van der Waals surface area contributed by atoms with Gasteiger partial charge in [0.2, 0.25) is 0 Å². The summed E-state index contributed by atoms with van der Waals surface area (Å²) in [5.74, 6) is -3.42. The highest BCUT2D eigenvalue weighted by atomic mass is 19.1. The van der Waals surface area contributed by atoms with Gasteiger partial charge in [-0.2, -0.15) is 0 Å². The first kappa shape index (κ1) is 14.1. The van der Waals surface area contributed by atoms with Gasteiger partial charge in [0.15, 0.2) is 0 Å². The van der Waals surface area contributed by atoms with Crippen molar-refractivity contribution in [3.8, 4) is 11.1 Å². The predicted molar refractivity (Wildman–Crippen MR) is 71.6 cm³/mol. The van der Waals surface area contributed by atoms with Crippen molar-refractivity contribution in [2.24, 2.45) is 0 Å². The number of rotatable bonds is 4. The number of hydrogen-bond acceptors (Lipinski definition) is 1. The van der Waals surface area contributed by atoms with Gasteiger partial charge in [-0.1, -0.05) is 6.07 Å². The molecule has 0 heterocycles. The van der Waals surface area contributed by atoms with Crippen LogP contribution in [0.15, 0.2) is 30.3 Å². The molecular weight excluding hydrogens is 282 g/mol. The number of halogens is 4. The lowest BCUT2D eigenvalue weighted by atomic mass is 10.0. The fourth-order valence-corrected chi connectivity index (χ4v) is 2.23. The van der Waals surface area contributed by atoms with Crippen LogP contribution in [-0.2, 0) is 6.54 Å². The van der Waals surface area contributed by atoms with Crippen molar-refractivity contribution >= 4 is 0 Å². The average molecular weight is 295 g/mol. The first-order chi connectivity index (χ1) is 10.0. The molecule has 0 aliphatic heterocycles. The predicted octanol–water partition coefficient (Wildman–Crippen LogP) is 4.16. The number of nitrogens with one attached hydrogen (secondary N) is 1. The molecule has 2 aromatic carbocycles. The molecule has 3 rings (SSSR count). The molecule has 0 unspecified atom stereocenters. The second-order valence-electron chi connectivity index (χ2n) is 5.21. The molecule has 0 spiro atoms. The minimum absolute atomic E-state index is 0.194. The van der Waals surface area contributed by atoms with Gasteiger partial charge in [-0.05, 0) is 30.5 Å². The summed E-state index contributed by atoms with van der Waals surface area (Å²) in [6.07, 6.45) is 2.12. The molecule has 110 valence electrons. The molecule has 0 bridgehead atoms. The van der Waals surface area contributed by atoms with E-state index in [1.54, 1.807) is 0 Å². The standard InChI is InChI=1S/C16H13F4N/c17-11-6-14(19)16(15(20)7-11)9-1-4-13(18)10(5-9)8-21-12-2-3-12/h1,4-7,12,21H,2-3,8H2. The van der Waals surface area contributed by atoms with Crippen LogP contribution in [0, 0.1) is 23.3 Å². The first-order valence-electron chi connectivity index (χ1n) is 6.71. The minimum atomic E-state index is -1.000. The van der Waals surface area contributed by atoms with Gasteiger partial charge < -0.3 is 5.32 Å². The zero-order valence-corrected chi connectivity index (χ0v) is 11.1. The third-order valence-electron chi connectivity index (χ3n) is 3.50. The van der Waals surface area contributed by atoms with Crippen LogP contribution in [0.3, 0.4) is 0 Å². The van der Waals surface area contributed by atoms with Crippen LogP contribution in [0.5, 0.6) is 0 Å². The quantitative estimate of drug-likeness (QED) is 0.835. The molecule has 0 atom stereocenters. The third kappa shape index (κ3) is 3.08. The molecule has 1 aliphatic rings. The Balaban J connectivity index is 1.96. The summed E-state index contributed by atoms with van der Waals surface area (Å²) in [6.45, 7) is 0.300. The van der Waals surface area contributed by atoms with Crippen molar-refractivity contribution in [2.75, 3.05) is 0 Å². The molecule has 2 aromatic rings. The van der Waals surface area contributed by atoms with Gasteiger partial charge >= 0.3 is 0 Å². The molecular formula is C16H13F4N. The summed E-state index contributed by atoms with van der Waals surface area (Å²) in [6, 6.07) is 5.47. The van der Waals surface area contributed by atoms with Crippen LogP contribution < -0.4 is 5.32 Å². The average Bonchev–Trinajstić information content (AvgIpc) is 3.22. The van der Waals surface area contributed by atoms with E-state index in [2.05, 4.69) is 5.32 Å². The van der Waals surface area contributed by atoms with Crippen LogP contribution in [-0.4, -0.2) is 6.04 Å². The van der Waals surface area contributed by atoms with E-state index in [1.165, 1.54) is 18.2 Å². The zero-order valence-electron chi connectivity index (χ0n) is 11.1. The van der Waals surface area contributed by atoms with Crippen LogP contribution in [0.2, 0.25) is 0 Å². The Morgan fingerprint density at radius 2 is 1.57 bits per heavy atom. The zero-order chi connectivity index (χ0) is 15.0. The fraction of sp³-hybridized carbons (Fsp3) is 0.250. The lowest BCUT2D eigenvalue weighted by Gasteiger charge is -2.10. The van der Waals surface area contributed by atoms with Gasteiger partial charge in [-0.25, -0.2) is 17.6 Å². The van der Waals surface area contributed by atoms with E-state index in [1.807, 2.05) is 0 Å². The summed E-state index contributed by atoms with van der Waals surface area (Å²) >= 11 is 0. The smallest absolute Gasteiger partial charge is 0.136 e. The second-order valence-corrected chi connectivity index (χ2v) is 5.21. The molecule has 1 N–H and O–H groups in total. The molecule has 1 fully saturated rings. The molecule has 5 heteroatoms. The lowest BCUT2D eigenvalue weighted by Crippen LogP contribution is -2.16. The Morgan fingerprint density at radius 3 is 2.19 bits per heavy atom. The lowest BCUT2D eigenvalue weighted by molar-refractivity contribution is 0.547. The van der Waals surface area contributed by atoms with E-state index < -0.39 is 23.3 Å². The molecule has 1 nitrogen and oxygen atoms in total. The van der Waals surface area contributed by atoms with E-state index in [0.29, 0.717) is 30.3 Å². The maximum Gasteiger partial charge on any atom is 0.136 e. The highest BCUT2D eigenvalue weighted by Gasteiger charge is 2.21. The van der Waals surface area contributed by atoms with E-state index in [-0.39, 0.29) is 11.1 Å². The van der Waals surface area contributed by atoms with E-state index in [9.17, 15) is 17.6 Å². The van der Waals surface area contributed by atoms with Gasteiger partial charge in [0.1, 0.15) is 23.3 Å². The largest absolute Gasteiger partial charge is 0.310 e. The Labute approximate surface area is 119 Å². The monoisotopic (exact) mass is 295 g/mol. The van der Waals surface area contributed by atoms with Gasteiger partial charge in [0.25, 0.3) is 0 Å². The maximum absolute atomic E-state index is 13.8. The molecule has 21 heavy (non-hydrogen) atoms. The van der Waals surface area contributed by atoms with Crippen molar-refractivity contribution in [3.05, 3.63) is 59.2 Å². The Bertz CT molecular complexity index is 657. The summed E-state index contributed by atoms with van der Waals surface area (Å²) in [4.78, 5) is 0. The Hall–Kier alpha value is -1.88. The van der Waals surface area contributed by atoms with Crippen molar-refractivity contribution in [3.63, 3.8) is 0 Å². The molecule has 0 amide bonds. The van der Waals surface area contributed by atoms with Crippen LogP contribution in [0.4, 0.5) is 17.6 Å². The van der Waals surface area contributed by atoms with Gasteiger partial charge in [0, 0.05) is 30.3 Å². The molecule has 1 saturated carbocycles. The van der Waals surface area contributed by atoms with Crippen LogP contribution >= 0.6 is 0 Å². The fourth-order valence-electron chi connectivity index (χ4n) is 2.23. The van der Waals surface area contributed by atoms with Crippen molar-refractivity contribution in [1.29, 1.82) is 0 Å². The normalized spacial score (nSPS) is 14.5. The van der Waals surface area contributed by atoms with Crippen molar-refractivity contribution in [1.82, 2.24) is 5.32 Å². The molecule has 0 aromatic heterocycles. The van der Waals surface area contributed by atoms with Crippen molar-refractivity contribution < 1.29 is 17.6 Å². The summed E-state index contributed by atoms with van der Waals surface area (Å²) in [5, 5.41) is 3.14. The first-order valence-corrected chi connectivity index (χ1v) is 6.71. The second kappa shape index (κ2) is 5.48. The maximum atomic E-state index is 13.8. The van der Waals surface area contributed by atoms with E-state index >= 15 is 0 Å². The summed E-state index contributed by atoms with van der Waals surface area (Å²) < 4.78 is 54.2. The Morgan fingerprint density at radius 1 is 0.905 bits per heavy atom. The van der Waals surface area contributed by atoms with E-state index in [4.69, 9.17) is 0 Å². The Kier molecular flexibility index (Phi) is 3.68. The highest BCUT2D eigenvalue weighted by molar-refractivity contribution is 5.65. The van der Waals surface area contributed by atoms with Crippen LogP contribution in [0.1, 0.15) is 18.4 Å². The SMILES string of the molecule is Fc1cc(F)c(-c2ccc(F)c(CNC3CC3)c2)c(F)c1. The topological polar surface area (TPSA) is 12.0 Å². The minimum Gasteiger partial charge on any atom is -0.310 e.